The molecule has 1 fully saturated rings. The summed E-state index contributed by atoms with van der Waals surface area (Å²) < 4.78 is 2.39. The number of fused-ring (bicyclic) bond motifs is 1. The van der Waals surface area contributed by atoms with Gasteiger partial charge in [0.2, 0.25) is 0 Å². The van der Waals surface area contributed by atoms with Crippen LogP contribution in [-0.4, -0.2) is 15.3 Å². The van der Waals surface area contributed by atoms with E-state index in [4.69, 9.17) is 10.2 Å². The Hall–Kier alpha value is -3.45. The third kappa shape index (κ3) is 5.00. The number of hydrogen-bond acceptors (Lipinski definition) is 3. The van der Waals surface area contributed by atoms with E-state index in [1.165, 1.54) is 43.3 Å². The zero-order valence-electron chi connectivity index (χ0n) is 21.4. The van der Waals surface area contributed by atoms with E-state index < -0.39 is 5.78 Å². The summed E-state index contributed by atoms with van der Waals surface area (Å²) in [6.45, 7) is 14.0. The first kappa shape index (κ1) is 24.7. The van der Waals surface area contributed by atoms with Crippen LogP contribution in [0.25, 0.3) is 27.7 Å². The van der Waals surface area contributed by atoms with Crippen LogP contribution >= 0.6 is 0 Å². The molecule has 1 aliphatic carbocycles. The van der Waals surface area contributed by atoms with Gasteiger partial charge in [0.25, 0.3) is 5.78 Å². The molecule has 2 aromatic heterocycles. The molecule has 4 heteroatoms. The van der Waals surface area contributed by atoms with Crippen LogP contribution in [0.2, 0.25) is 0 Å². The van der Waals surface area contributed by atoms with Crippen molar-refractivity contribution in [1.82, 2.24) is 9.55 Å². The van der Waals surface area contributed by atoms with E-state index in [9.17, 15) is 4.79 Å². The van der Waals surface area contributed by atoms with Crippen molar-refractivity contribution >= 4 is 22.4 Å². The highest BCUT2D eigenvalue weighted by Gasteiger charge is 2.28. The molecule has 0 atom stereocenters. The van der Waals surface area contributed by atoms with Crippen LogP contribution < -0.4 is 0 Å². The third-order valence-corrected chi connectivity index (χ3v) is 7.56. The number of carbonyl (C=O) groups is 1. The summed E-state index contributed by atoms with van der Waals surface area (Å²) in [6, 6.07) is 11.3. The van der Waals surface area contributed by atoms with E-state index in [0.717, 1.165) is 46.3 Å². The molecule has 1 aliphatic rings. The molecule has 35 heavy (non-hydrogen) atoms. The first-order valence-corrected chi connectivity index (χ1v) is 12.7. The highest BCUT2D eigenvalue weighted by atomic mass is 16.1. The smallest absolute Gasteiger partial charge is 0.262 e. The topological polar surface area (TPSA) is 58.7 Å². The summed E-state index contributed by atoms with van der Waals surface area (Å²) in [6.07, 6.45) is 11.6. The Labute approximate surface area is 209 Å². The van der Waals surface area contributed by atoms with Gasteiger partial charge in [0.1, 0.15) is 6.07 Å². The number of benzene rings is 1. The molecule has 0 saturated heterocycles. The monoisotopic (exact) mass is 465 g/mol. The maximum absolute atomic E-state index is 11.8. The molecule has 0 N–H and O–H groups in total. The molecule has 0 aliphatic heterocycles. The van der Waals surface area contributed by atoms with Crippen LogP contribution in [0.3, 0.4) is 0 Å². The van der Waals surface area contributed by atoms with Crippen LogP contribution in [0.4, 0.5) is 0 Å². The first-order chi connectivity index (χ1) is 16.8. The van der Waals surface area contributed by atoms with Crippen molar-refractivity contribution in [2.75, 3.05) is 0 Å². The van der Waals surface area contributed by atoms with Crippen molar-refractivity contribution in [3.8, 4) is 17.2 Å². The maximum atomic E-state index is 11.8. The molecule has 0 radical (unpaired) electrons. The number of Topliss-reactive ketones (excluding diaryl/α,β-unsaturated/α-hetero) is 1. The Kier molecular flexibility index (Phi) is 7.08. The number of allylic oxidation sites excluding steroid dienone is 3. The number of nitriles is 1. The van der Waals surface area contributed by atoms with Gasteiger partial charge < -0.3 is 4.57 Å². The molecule has 4 nitrogen and oxygen atoms in total. The number of hydrogen-bond donors (Lipinski definition) is 0. The molecule has 0 bridgehead atoms. The van der Waals surface area contributed by atoms with Crippen molar-refractivity contribution in [3.05, 3.63) is 71.6 Å². The van der Waals surface area contributed by atoms with E-state index in [2.05, 4.69) is 51.1 Å². The number of aromatic nitrogens is 2. The average Bonchev–Trinajstić information content (AvgIpc) is 3.20. The number of ketones is 1. The van der Waals surface area contributed by atoms with Crippen molar-refractivity contribution in [2.45, 2.75) is 72.8 Å². The third-order valence-electron chi connectivity index (χ3n) is 7.56. The second-order valence-corrected chi connectivity index (χ2v) is 10.4. The molecule has 0 amide bonds. The van der Waals surface area contributed by atoms with Crippen LogP contribution in [0.15, 0.2) is 60.5 Å². The van der Waals surface area contributed by atoms with E-state index in [1.807, 2.05) is 18.3 Å². The number of pyridine rings is 1. The molecular formula is C31H35N3O. The number of rotatable bonds is 7. The fourth-order valence-corrected chi connectivity index (χ4v) is 5.52. The van der Waals surface area contributed by atoms with Crippen LogP contribution in [-0.2, 0) is 6.54 Å². The van der Waals surface area contributed by atoms with Crippen LogP contribution in [0.1, 0.15) is 82.1 Å². The predicted molar refractivity (Wildman–Crippen MR) is 144 cm³/mol. The lowest BCUT2D eigenvalue weighted by atomic mass is 9.75. The summed E-state index contributed by atoms with van der Waals surface area (Å²) in [7, 11) is 0. The molecule has 0 unspecified atom stereocenters. The fourth-order valence-electron chi connectivity index (χ4n) is 5.52. The minimum absolute atomic E-state index is 0.271. The quantitative estimate of drug-likeness (QED) is 0.201. The van der Waals surface area contributed by atoms with Crippen LogP contribution in [0, 0.1) is 16.7 Å². The van der Waals surface area contributed by atoms with Gasteiger partial charge in [-0.1, -0.05) is 63.0 Å². The molecule has 180 valence electrons. The number of nitrogens with zero attached hydrogens (tertiary/aromatic N) is 3. The minimum atomic E-state index is -0.516. The van der Waals surface area contributed by atoms with E-state index in [-0.39, 0.29) is 5.41 Å². The molecular weight excluding hydrogens is 430 g/mol. The summed E-state index contributed by atoms with van der Waals surface area (Å²) in [5.74, 6) is -0.516. The van der Waals surface area contributed by atoms with Gasteiger partial charge in [0, 0.05) is 35.6 Å². The van der Waals surface area contributed by atoms with Crippen molar-refractivity contribution in [1.29, 1.82) is 5.26 Å². The lowest BCUT2D eigenvalue weighted by Crippen LogP contribution is -2.25. The second kappa shape index (κ2) is 10.0. The Morgan fingerprint density at radius 1 is 1.14 bits per heavy atom. The molecule has 3 aromatic rings. The standard InChI is InChI=1S/C31H35N3O/c1-6-22(4)29(21(2)3)25-16-27-30(33-18-25)26(23-10-12-24(13-11-23)28(35)17-32)19-34(27)20-31(5)14-8-7-9-15-31/h10-13,16,18-19H,2,6-9,14-15,20H2,1,3-5H3/b29-22+. The van der Waals surface area contributed by atoms with Gasteiger partial charge in [-0.25, -0.2) is 0 Å². The second-order valence-electron chi connectivity index (χ2n) is 10.4. The van der Waals surface area contributed by atoms with Gasteiger partial charge in [0.15, 0.2) is 0 Å². The molecule has 0 spiro atoms. The van der Waals surface area contributed by atoms with E-state index in [1.54, 1.807) is 18.2 Å². The molecule has 2 heterocycles. The zero-order chi connectivity index (χ0) is 25.2. The van der Waals surface area contributed by atoms with Gasteiger partial charge in [-0.2, -0.15) is 5.26 Å². The van der Waals surface area contributed by atoms with Gasteiger partial charge in [-0.15, -0.1) is 0 Å². The first-order valence-electron chi connectivity index (χ1n) is 12.7. The summed E-state index contributed by atoms with van der Waals surface area (Å²) >= 11 is 0. The lowest BCUT2D eigenvalue weighted by Gasteiger charge is -2.34. The average molecular weight is 466 g/mol. The van der Waals surface area contributed by atoms with Gasteiger partial charge in [-0.05, 0) is 67.9 Å². The maximum Gasteiger partial charge on any atom is 0.262 e. The highest BCUT2D eigenvalue weighted by molar-refractivity contribution is 6.07. The molecule has 4 rings (SSSR count). The Bertz CT molecular complexity index is 1340. The van der Waals surface area contributed by atoms with Gasteiger partial charge in [-0.3, -0.25) is 9.78 Å². The van der Waals surface area contributed by atoms with E-state index in [0.29, 0.717) is 5.56 Å². The molecule has 1 saturated carbocycles. The van der Waals surface area contributed by atoms with Gasteiger partial charge in [0.05, 0.1) is 11.0 Å². The van der Waals surface area contributed by atoms with Crippen molar-refractivity contribution in [3.63, 3.8) is 0 Å². The summed E-state index contributed by atoms with van der Waals surface area (Å²) in [5.41, 5.74) is 9.50. The van der Waals surface area contributed by atoms with E-state index >= 15 is 0 Å². The van der Waals surface area contributed by atoms with Crippen molar-refractivity contribution in [2.24, 2.45) is 5.41 Å². The van der Waals surface area contributed by atoms with Crippen molar-refractivity contribution < 1.29 is 4.79 Å². The largest absolute Gasteiger partial charge is 0.345 e. The Balaban J connectivity index is 1.87. The van der Waals surface area contributed by atoms with Crippen LogP contribution in [0.5, 0.6) is 0 Å². The lowest BCUT2D eigenvalue weighted by molar-refractivity contribution is 0.105. The van der Waals surface area contributed by atoms with Gasteiger partial charge >= 0.3 is 0 Å². The zero-order valence-corrected chi connectivity index (χ0v) is 21.4. The fraction of sp³-hybridized carbons (Fsp3) is 0.387. The number of carbonyl (C=O) groups excluding carboxylic acids is 1. The Morgan fingerprint density at radius 3 is 2.43 bits per heavy atom. The summed E-state index contributed by atoms with van der Waals surface area (Å²) in [4.78, 5) is 16.8. The minimum Gasteiger partial charge on any atom is -0.345 e. The highest BCUT2D eigenvalue weighted by Crippen LogP contribution is 2.40. The Morgan fingerprint density at radius 2 is 1.83 bits per heavy atom. The SMILES string of the molecule is C=C(C)/C(=C(/C)CC)c1cnc2c(-c3ccc(C(=O)C#N)cc3)cn(CC3(C)CCCCC3)c2c1. The summed E-state index contributed by atoms with van der Waals surface area (Å²) in [5, 5.41) is 8.94. The predicted octanol–water partition coefficient (Wildman–Crippen LogP) is 8.14. The normalized spacial score (nSPS) is 16.0. The molecule has 1 aromatic carbocycles.